The van der Waals surface area contributed by atoms with Crippen molar-refractivity contribution in [3.05, 3.63) is 91.9 Å². The van der Waals surface area contributed by atoms with Gasteiger partial charge in [-0.15, -0.1) is 0 Å². The lowest BCUT2D eigenvalue weighted by molar-refractivity contribution is -0.384. The third-order valence-corrected chi connectivity index (χ3v) is 5.20. The standard InChI is InChI=1S/C24H19BrN2O5/c1-30-21-9-5-18(6-10-21)19(14-26)11-17-12-22(25)24(23(13-17)31-2)32-15-16-3-7-20(8-4-16)27(28)29/h3-13H,15H2,1-2H3/b19-11+. The zero-order chi connectivity index (χ0) is 23.1. The van der Waals surface area contributed by atoms with Gasteiger partial charge in [0.05, 0.1) is 35.3 Å². The molecule has 0 amide bonds. The molecule has 8 heteroatoms. The number of non-ortho nitro benzene ring substituents is 1. The molecule has 0 aromatic heterocycles. The Bertz CT molecular complexity index is 1180. The largest absolute Gasteiger partial charge is 0.497 e. The minimum absolute atomic E-state index is 0.0220. The summed E-state index contributed by atoms with van der Waals surface area (Å²) in [7, 11) is 3.12. The highest BCUT2D eigenvalue weighted by Crippen LogP contribution is 2.38. The summed E-state index contributed by atoms with van der Waals surface area (Å²) in [6.07, 6.45) is 1.76. The molecule has 0 aliphatic carbocycles. The Morgan fingerprint density at radius 1 is 1.09 bits per heavy atom. The van der Waals surface area contributed by atoms with Gasteiger partial charge in [-0.25, -0.2) is 0 Å². The van der Waals surface area contributed by atoms with Gasteiger partial charge in [0.15, 0.2) is 11.5 Å². The normalized spacial score (nSPS) is 10.9. The molecule has 3 aromatic carbocycles. The summed E-state index contributed by atoms with van der Waals surface area (Å²) in [5.74, 6) is 1.69. The second kappa shape index (κ2) is 10.5. The van der Waals surface area contributed by atoms with Crippen LogP contribution in [0.4, 0.5) is 5.69 Å². The van der Waals surface area contributed by atoms with Gasteiger partial charge >= 0.3 is 0 Å². The number of nitro benzene ring substituents is 1. The fourth-order valence-corrected chi connectivity index (χ4v) is 3.52. The number of nitriles is 1. The van der Waals surface area contributed by atoms with Gasteiger partial charge in [-0.05, 0) is 87.2 Å². The maximum Gasteiger partial charge on any atom is 0.269 e. The van der Waals surface area contributed by atoms with Crippen molar-refractivity contribution >= 4 is 33.3 Å². The van der Waals surface area contributed by atoms with Crippen LogP contribution in [0.2, 0.25) is 0 Å². The van der Waals surface area contributed by atoms with Gasteiger partial charge in [0, 0.05) is 12.1 Å². The SMILES string of the molecule is COc1ccc(/C(C#N)=C/c2cc(Br)c(OCc3ccc([N+](=O)[O-])cc3)c(OC)c2)cc1. The molecule has 0 unspecified atom stereocenters. The maximum absolute atomic E-state index is 10.8. The molecule has 0 atom stereocenters. The molecule has 7 nitrogen and oxygen atoms in total. The molecule has 0 heterocycles. The minimum atomic E-state index is -0.446. The summed E-state index contributed by atoms with van der Waals surface area (Å²) in [6.45, 7) is 0.206. The van der Waals surface area contributed by atoms with Crippen molar-refractivity contribution < 1.29 is 19.1 Å². The van der Waals surface area contributed by atoms with Crippen LogP contribution in [0.15, 0.2) is 65.1 Å². The van der Waals surface area contributed by atoms with Crippen LogP contribution in [0.25, 0.3) is 11.6 Å². The molecule has 32 heavy (non-hydrogen) atoms. The minimum Gasteiger partial charge on any atom is -0.497 e. The molecule has 0 N–H and O–H groups in total. The number of halogens is 1. The molecule has 0 radical (unpaired) electrons. The highest BCUT2D eigenvalue weighted by atomic mass is 79.9. The fraction of sp³-hybridized carbons (Fsp3) is 0.125. The van der Waals surface area contributed by atoms with Crippen molar-refractivity contribution in [2.75, 3.05) is 14.2 Å². The van der Waals surface area contributed by atoms with Gasteiger partial charge in [0.2, 0.25) is 0 Å². The van der Waals surface area contributed by atoms with E-state index < -0.39 is 4.92 Å². The summed E-state index contributed by atoms with van der Waals surface area (Å²) in [4.78, 5) is 10.3. The Hall–Kier alpha value is -3.83. The van der Waals surface area contributed by atoms with Crippen LogP contribution in [-0.4, -0.2) is 19.1 Å². The first kappa shape index (κ1) is 22.8. The average Bonchev–Trinajstić information content (AvgIpc) is 2.81. The van der Waals surface area contributed by atoms with Crippen LogP contribution < -0.4 is 14.2 Å². The predicted molar refractivity (Wildman–Crippen MR) is 125 cm³/mol. The zero-order valence-electron chi connectivity index (χ0n) is 17.4. The highest BCUT2D eigenvalue weighted by Gasteiger charge is 2.13. The molecule has 3 rings (SSSR count). The monoisotopic (exact) mass is 494 g/mol. The first-order chi connectivity index (χ1) is 15.4. The number of ether oxygens (including phenoxy) is 3. The van der Waals surface area contributed by atoms with E-state index in [9.17, 15) is 15.4 Å². The molecular formula is C24H19BrN2O5. The number of benzene rings is 3. The summed E-state index contributed by atoms with van der Waals surface area (Å²) in [5.41, 5.74) is 2.81. The smallest absolute Gasteiger partial charge is 0.269 e. The van der Waals surface area contributed by atoms with E-state index in [2.05, 4.69) is 22.0 Å². The van der Waals surface area contributed by atoms with Crippen molar-refractivity contribution in [3.63, 3.8) is 0 Å². The summed E-state index contributed by atoms with van der Waals surface area (Å²) in [6, 6.07) is 19.2. The van der Waals surface area contributed by atoms with Gasteiger partial charge in [-0.2, -0.15) is 5.26 Å². The Morgan fingerprint density at radius 3 is 2.34 bits per heavy atom. The number of nitro groups is 1. The van der Waals surface area contributed by atoms with Crippen LogP contribution in [0.5, 0.6) is 17.2 Å². The van der Waals surface area contributed by atoms with Crippen LogP contribution in [0, 0.1) is 21.4 Å². The van der Waals surface area contributed by atoms with E-state index in [0.717, 1.165) is 16.7 Å². The van der Waals surface area contributed by atoms with Crippen molar-refractivity contribution in [2.45, 2.75) is 6.61 Å². The number of rotatable bonds is 8. The number of hydrogen-bond acceptors (Lipinski definition) is 6. The van der Waals surface area contributed by atoms with Crippen molar-refractivity contribution in [1.82, 2.24) is 0 Å². The van der Waals surface area contributed by atoms with Gasteiger partial charge in [0.25, 0.3) is 5.69 Å². The van der Waals surface area contributed by atoms with Crippen LogP contribution in [0.3, 0.4) is 0 Å². The third-order valence-electron chi connectivity index (χ3n) is 4.61. The van der Waals surface area contributed by atoms with Gasteiger partial charge in [-0.1, -0.05) is 0 Å². The number of nitrogens with zero attached hydrogens (tertiary/aromatic N) is 2. The molecule has 0 saturated carbocycles. The number of hydrogen-bond donors (Lipinski definition) is 0. The van der Waals surface area contributed by atoms with Crippen molar-refractivity contribution in [3.8, 4) is 23.3 Å². The van der Waals surface area contributed by atoms with Gasteiger partial charge < -0.3 is 14.2 Å². The number of allylic oxidation sites excluding steroid dienone is 1. The van der Waals surface area contributed by atoms with E-state index in [0.29, 0.717) is 27.3 Å². The van der Waals surface area contributed by atoms with E-state index in [1.165, 1.54) is 19.2 Å². The third kappa shape index (κ3) is 5.45. The molecule has 0 saturated heterocycles. The molecule has 0 spiro atoms. The summed E-state index contributed by atoms with van der Waals surface area (Å²) in [5, 5.41) is 20.4. The first-order valence-corrected chi connectivity index (χ1v) is 10.2. The highest BCUT2D eigenvalue weighted by molar-refractivity contribution is 9.10. The molecular weight excluding hydrogens is 476 g/mol. The van der Waals surface area contributed by atoms with E-state index in [-0.39, 0.29) is 12.3 Å². The van der Waals surface area contributed by atoms with E-state index in [1.807, 2.05) is 18.2 Å². The lowest BCUT2D eigenvalue weighted by Gasteiger charge is -2.14. The molecule has 0 aliphatic heterocycles. The quantitative estimate of drug-likeness (QED) is 0.164. The molecule has 3 aromatic rings. The van der Waals surface area contributed by atoms with E-state index in [4.69, 9.17) is 14.2 Å². The van der Waals surface area contributed by atoms with E-state index in [1.54, 1.807) is 43.5 Å². The fourth-order valence-electron chi connectivity index (χ4n) is 2.95. The molecule has 0 fully saturated rings. The topological polar surface area (TPSA) is 94.6 Å². The first-order valence-electron chi connectivity index (χ1n) is 9.45. The number of methoxy groups -OCH3 is 2. The Kier molecular flexibility index (Phi) is 7.47. The van der Waals surface area contributed by atoms with Crippen LogP contribution in [0.1, 0.15) is 16.7 Å². The Morgan fingerprint density at radius 2 is 1.78 bits per heavy atom. The average molecular weight is 495 g/mol. The molecule has 0 bridgehead atoms. The Labute approximate surface area is 193 Å². The second-order valence-corrected chi connectivity index (χ2v) is 7.50. The van der Waals surface area contributed by atoms with Gasteiger partial charge in [-0.3, -0.25) is 10.1 Å². The van der Waals surface area contributed by atoms with E-state index >= 15 is 0 Å². The maximum atomic E-state index is 10.8. The second-order valence-electron chi connectivity index (χ2n) is 6.64. The summed E-state index contributed by atoms with van der Waals surface area (Å²) < 4.78 is 17.2. The Balaban J connectivity index is 1.84. The predicted octanol–water partition coefficient (Wildman–Crippen LogP) is 6.02. The lowest BCUT2D eigenvalue weighted by Crippen LogP contribution is -1.99. The molecule has 162 valence electrons. The lowest BCUT2D eigenvalue weighted by atomic mass is 10.0. The zero-order valence-corrected chi connectivity index (χ0v) is 19.0. The van der Waals surface area contributed by atoms with Crippen LogP contribution >= 0.6 is 15.9 Å². The van der Waals surface area contributed by atoms with Crippen molar-refractivity contribution in [2.24, 2.45) is 0 Å². The van der Waals surface area contributed by atoms with Crippen LogP contribution in [-0.2, 0) is 6.61 Å². The summed E-state index contributed by atoms with van der Waals surface area (Å²) >= 11 is 3.51. The molecule has 0 aliphatic rings. The van der Waals surface area contributed by atoms with Crippen molar-refractivity contribution in [1.29, 1.82) is 5.26 Å². The van der Waals surface area contributed by atoms with Gasteiger partial charge in [0.1, 0.15) is 12.4 Å².